The number of carbonyl (C=O) groups excluding carboxylic acids is 2. The molecular weight excluding hydrogens is 309 g/mol. The molecule has 0 saturated heterocycles. The van der Waals surface area contributed by atoms with Crippen LogP contribution in [-0.4, -0.2) is 37.4 Å². The largest absolute Gasteiger partial charge is 0.374 e. The van der Waals surface area contributed by atoms with E-state index in [9.17, 15) is 14.0 Å². The van der Waals surface area contributed by atoms with Crippen LogP contribution >= 0.6 is 0 Å². The highest BCUT2D eigenvalue weighted by atomic mass is 19.1. The van der Waals surface area contributed by atoms with Gasteiger partial charge in [0.05, 0.1) is 12.2 Å². The first-order valence-electron chi connectivity index (χ1n) is 7.48. The molecule has 0 heterocycles. The lowest BCUT2D eigenvalue weighted by Gasteiger charge is -2.12. The van der Waals surface area contributed by atoms with Crippen LogP contribution in [0.3, 0.4) is 0 Å². The molecule has 0 radical (unpaired) electrons. The van der Waals surface area contributed by atoms with Gasteiger partial charge in [0.15, 0.2) is 0 Å². The van der Waals surface area contributed by atoms with E-state index in [1.807, 2.05) is 0 Å². The van der Waals surface area contributed by atoms with Gasteiger partial charge in [0.25, 0.3) is 5.91 Å². The molecule has 0 atom stereocenters. The molecule has 0 aromatic heterocycles. The lowest BCUT2D eigenvalue weighted by molar-refractivity contribution is -0.114. The molecule has 0 aliphatic rings. The van der Waals surface area contributed by atoms with Crippen molar-refractivity contribution in [1.82, 2.24) is 4.90 Å². The van der Waals surface area contributed by atoms with Crippen molar-refractivity contribution in [2.45, 2.75) is 6.92 Å². The minimum absolute atomic E-state index is 0.0775. The molecule has 126 valence electrons. The molecule has 24 heavy (non-hydrogen) atoms. The highest BCUT2D eigenvalue weighted by Crippen LogP contribution is 2.15. The Morgan fingerprint density at radius 2 is 1.88 bits per heavy atom. The zero-order chi connectivity index (χ0) is 17.7. The minimum atomic E-state index is -0.402. The van der Waals surface area contributed by atoms with Crippen molar-refractivity contribution in [2.75, 3.05) is 31.3 Å². The molecule has 2 amide bonds. The number of carbonyl (C=O) groups is 2. The van der Waals surface area contributed by atoms with Crippen molar-refractivity contribution in [2.24, 2.45) is 0 Å². The number of amides is 2. The Kier molecular flexibility index (Phi) is 5.52. The number of rotatable bonds is 5. The molecule has 2 N–H and O–H groups in total. The number of aryl methyl sites for hydroxylation is 1. The summed E-state index contributed by atoms with van der Waals surface area (Å²) >= 11 is 0. The van der Waals surface area contributed by atoms with Gasteiger partial charge in [0.2, 0.25) is 5.91 Å². The fraction of sp³-hybridized carbons (Fsp3) is 0.222. The molecule has 6 heteroatoms. The summed E-state index contributed by atoms with van der Waals surface area (Å²) in [6.45, 7) is 1.72. The number of nitrogens with one attached hydrogen (secondary N) is 2. The summed E-state index contributed by atoms with van der Waals surface area (Å²) in [5.74, 6) is -0.878. The van der Waals surface area contributed by atoms with Crippen LogP contribution in [0.1, 0.15) is 15.9 Å². The predicted molar refractivity (Wildman–Crippen MR) is 92.7 cm³/mol. The Labute approximate surface area is 140 Å². The van der Waals surface area contributed by atoms with Gasteiger partial charge in [-0.1, -0.05) is 12.1 Å². The van der Waals surface area contributed by atoms with E-state index in [0.29, 0.717) is 11.3 Å². The average molecular weight is 329 g/mol. The zero-order valence-electron chi connectivity index (χ0n) is 13.9. The van der Waals surface area contributed by atoms with Crippen LogP contribution in [0.15, 0.2) is 42.5 Å². The Morgan fingerprint density at radius 1 is 1.12 bits per heavy atom. The van der Waals surface area contributed by atoms with Crippen molar-refractivity contribution in [3.05, 3.63) is 59.4 Å². The Bertz CT molecular complexity index is 760. The average Bonchev–Trinajstić information content (AvgIpc) is 2.53. The van der Waals surface area contributed by atoms with Gasteiger partial charge in [0.1, 0.15) is 5.82 Å². The maximum atomic E-state index is 13.7. The fourth-order valence-corrected chi connectivity index (χ4v) is 2.13. The summed E-state index contributed by atoms with van der Waals surface area (Å²) in [6.07, 6.45) is 0. The van der Waals surface area contributed by atoms with Crippen LogP contribution in [-0.2, 0) is 4.79 Å². The van der Waals surface area contributed by atoms with Crippen molar-refractivity contribution in [1.29, 1.82) is 0 Å². The standard InChI is InChI=1S/C18H20FN3O2/c1-12-7-8-16(15(19)9-12)20-11-17(23)21-14-6-4-5-13(10-14)18(24)22(2)3/h4-10,20H,11H2,1-3H3,(H,21,23). The molecule has 2 aromatic rings. The van der Waals surface area contributed by atoms with E-state index in [0.717, 1.165) is 5.56 Å². The maximum Gasteiger partial charge on any atom is 0.253 e. The number of anilines is 2. The van der Waals surface area contributed by atoms with E-state index in [4.69, 9.17) is 0 Å². The van der Waals surface area contributed by atoms with Crippen molar-refractivity contribution < 1.29 is 14.0 Å². The van der Waals surface area contributed by atoms with Gasteiger partial charge >= 0.3 is 0 Å². The summed E-state index contributed by atoms with van der Waals surface area (Å²) in [6, 6.07) is 11.4. The third kappa shape index (κ3) is 4.55. The maximum absolute atomic E-state index is 13.7. The second kappa shape index (κ2) is 7.59. The molecule has 0 saturated carbocycles. The first-order valence-corrected chi connectivity index (χ1v) is 7.48. The lowest BCUT2D eigenvalue weighted by Crippen LogP contribution is -2.23. The van der Waals surface area contributed by atoms with E-state index >= 15 is 0 Å². The molecule has 0 fully saturated rings. The first kappa shape index (κ1) is 17.5. The van der Waals surface area contributed by atoms with Crippen LogP contribution in [0.5, 0.6) is 0 Å². The molecule has 5 nitrogen and oxygen atoms in total. The van der Waals surface area contributed by atoms with Crippen LogP contribution in [0.2, 0.25) is 0 Å². The molecule has 2 aromatic carbocycles. The van der Waals surface area contributed by atoms with Gasteiger partial charge in [-0.3, -0.25) is 9.59 Å². The third-order valence-corrected chi connectivity index (χ3v) is 3.36. The number of halogens is 1. The second-order valence-electron chi connectivity index (χ2n) is 5.67. The minimum Gasteiger partial charge on any atom is -0.374 e. The molecule has 2 rings (SSSR count). The number of nitrogens with zero attached hydrogens (tertiary/aromatic N) is 1. The molecule has 0 aliphatic heterocycles. The zero-order valence-corrected chi connectivity index (χ0v) is 13.9. The van der Waals surface area contributed by atoms with Gasteiger partial charge in [-0.05, 0) is 42.8 Å². The summed E-state index contributed by atoms with van der Waals surface area (Å²) in [5.41, 5.74) is 2.08. The number of hydrogen-bond donors (Lipinski definition) is 2. The topological polar surface area (TPSA) is 61.4 Å². The van der Waals surface area contributed by atoms with Crippen LogP contribution in [0.4, 0.5) is 15.8 Å². The normalized spacial score (nSPS) is 10.2. The van der Waals surface area contributed by atoms with E-state index in [-0.39, 0.29) is 24.0 Å². The van der Waals surface area contributed by atoms with Gasteiger partial charge in [0, 0.05) is 25.3 Å². The van der Waals surface area contributed by atoms with Crippen molar-refractivity contribution in [3.8, 4) is 0 Å². The highest BCUT2D eigenvalue weighted by Gasteiger charge is 2.10. The molecule has 0 bridgehead atoms. The Hall–Kier alpha value is -2.89. The first-order chi connectivity index (χ1) is 11.4. The van der Waals surface area contributed by atoms with E-state index in [1.165, 1.54) is 11.0 Å². The summed E-state index contributed by atoms with van der Waals surface area (Å²) in [4.78, 5) is 25.4. The lowest BCUT2D eigenvalue weighted by atomic mass is 10.2. The highest BCUT2D eigenvalue weighted by molar-refractivity contribution is 5.97. The molecule has 0 spiro atoms. The summed E-state index contributed by atoms with van der Waals surface area (Å²) in [7, 11) is 3.32. The molecular formula is C18H20FN3O2. The van der Waals surface area contributed by atoms with Crippen LogP contribution < -0.4 is 10.6 Å². The summed E-state index contributed by atoms with van der Waals surface area (Å²) in [5, 5.41) is 5.44. The Balaban J connectivity index is 1.97. The molecule has 0 aliphatic carbocycles. The number of hydrogen-bond acceptors (Lipinski definition) is 3. The van der Waals surface area contributed by atoms with Crippen LogP contribution in [0, 0.1) is 12.7 Å². The van der Waals surface area contributed by atoms with Crippen molar-refractivity contribution >= 4 is 23.2 Å². The van der Waals surface area contributed by atoms with E-state index in [2.05, 4.69) is 10.6 Å². The van der Waals surface area contributed by atoms with Gasteiger partial charge < -0.3 is 15.5 Å². The fourth-order valence-electron chi connectivity index (χ4n) is 2.13. The predicted octanol–water partition coefficient (Wildman–Crippen LogP) is 2.89. The SMILES string of the molecule is Cc1ccc(NCC(=O)Nc2cccc(C(=O)N(C)C)c2)c(F)c1. The quantitative estimate of drug-likeness (QED) is 0.887. The number of benzene rings is 2. The summed E-state index contributed by atoms with van der Waals surface area (Å²) < 4.78 is 13.7. The van der Waals surface area contributed by atoms with Gasteiger partial charge in [-0.2, -0.15) is 0 Å². The van der Waals surface area contributed by atoms with Gasteiger partial charge in [-0.25, -0.2) is 4.39 Å². The monoisotopic (exact) mass is 329 g/mol. The Morgan fingerprint density at radius 3 is 2.54 bits per heavy atom. The van der Waals surface area contributed by atoms with Crippen molar-refractivity contribution in [3.63, 3.8) is 0 Å². The van der Waals surface area contributed by atoms with Crippen LogP contribution in [0.25, 0.3) is 0 Å². The molecule has 0 unspecified atom stereocenters. The van der Waals surface area contributed by atoms with E-state index in [1.54, 1.807) is 57.4 Å². The van der Waals surface area contributed by atoms with E-state index < -0.39 is 5.82 Å². The third-order valence-electron chi connectivity index (χ3n) is 3.36. The second-order valence-corrected chi connectivity index (χ2v) is 5.67. The van der Waals surface area contributed by atoms with Gasteiger partial charge in [-0.15, -0.1) is 0 Å². The smallest absolute Gasteiger partial charge is 0.253 e.